The Balaban J connectivity index is 0.000000231. The van der Waals surface area contributed by atoms with Crippen molar-refractivity contribution in [1.82, 2.24) is 34.7 Å². The summed E-state index contributed by atoms with van der Waals surface area (Å²) in [5, 5.41) is 18.0. The van der Waals surface area contributed by atoms with Crippen molar-refractivity contribution in [1.29, 1.82) is 0 Å². The van der Waals surface area contributed by atoms with E-state index in [1.165, 1.54) is 12.1 Å². The minimum atomic E-state index is -0.662. The number of nitrogens with zero attached hydrogens (tertiary/aromatic N) is 6. The first-order valence-corrected chi connectivity index (χ1v) is 17.6. The Bertz CT molecular complexity index is 1790. The number of nitrogens with two attached hydrogens (primary N) is 1. The summed E-state index contributed by atoms with van der Waals surface area (Å²) in [7, 11) is 0. The summed E-state index contributed by atoms with van der Waals surface area (Å²) in [4.78, 5) is 48.9. The molecular weight excluding hydrogens is 702 g/mol. The highest BCUT2D eigenvalue weighted by Crippen LogP contribution is 2.23. The van der Waals surface area contributed by atoms with Crippen molar-refractivity contribution in [3.05, 3.63) is 108 Å². The van der Waals surface area contributed by atoms with Gasteiger partial charge in [0, 0.05) is 75.9 Å². The lowest BCUT2D eigenvalue weighted by Gasteiger charge is -2.40. The van der Waals surface area contributed by atoms with Gasteiger partial charge in [0.25, 0.3) is 6.47 Å². The topological polar surface area (TPSA) is 178 Å². The zero-order valence-electron chi connectivity index (χ0n) is 30.6. The minimum Gasteiger partial charge on any atom is -0.483 e. The zero-order valence-corrected chi connectivity index (χ0v) is 30.6. The molecule has 0 radical (unpaired) electrons. The Morgan fingerprint density at radius 1 is 0.833 bits per heavy atom. The average Bonchev–Trinajstić information content (AvgIpc) is 3.77. The second kappa shape index (κ2) is 19.4. The van der Waals surface area contributed by atoms with Gasteiger partial charge in [-0.2, -0.15) is 10.2 Å². The van der Waals surface area contributed by atoms with Gasteiger partial charge in [0.15, 0.2) is 0 Å². The number of alkyl carbamates (subject to hydrolysis) is 1. The van der Waals surface area contributed by atoms with Gasteiger partial charge in [0.2, 0.25) is 11.8 Å². The molecule has 16 heteroatoms. The van der Waals surface area contributed by atoms with E-state index < -0.39 is 17.7 Å². The normalized spacial score (nSPS) is 15.2. The fourth-order valence-electron chi connectivity index (χ4n) is 5.94. The zero-order chi connectivity index (χ0) is 39.3. The minimum absolute atomic E-state index is 0.0206. The summed E-state index contributed by atoms with van der Waals surface area (Å²) < 4.78 is 36.7. The number of likely N-dealkylation sites (tertiary alicyclic amines) is 2. The molecule has 2 aliphatic rings. The van der Waals surface area contributed by atoms with Crippen molar-refractivity contribution in [2.24, 2.45) is 5.73 Å². The van der Waals surface area contributed by atoms with Gasteiger partial charge in [0.05, 0.1) is 12.1 Å². The molecule has 290 valence electrons. The Morgan fingerprint density at radius 3 is 1.70 bits per heavy atom. The van der Waals surface area contributed by atoms with Crippen molar-refractivity contribution in [2.45, 2.75) is 76.2 Å². The molecule has 0 spiro atoms. The summed E-state index contributed by atoms with van der Waals surface area (Å²) in [5.41, 5.74) is 6.33. The Morgan fingerprint density at radius 2 is 1.28 bits per heavy atom. The van der Waals surface area contributed by atoms with Crippen LogP contribution in [0.3, 0.4) is 0 Å². The largest absolute Gasteiger partial charge is 0.483 e. The van der Waals surface area contributed by atoms with Crippen LogP contribution in [0.5, 0.6) is 0 Å². The fraction of sp³-hybridized carbons (Fsp3) is 0.421. The second-order valence-electron chi connectivity index (χ2n) is 14.1. The Labute approximate surface area is 312 Å². The van der Waals surface area contributed by atoms with Crippen LogP contribution in [0, 0.1) is 11.6 Å². The molecular formula is C38H48F2N8O6. The maximum Gasteiger partial charge on any atom is 0.407 e. The highest BCUT2D eigenvalue weighted by Gasteiger charge is 2.34. The number of halogens is 2. The van der Waals surface area contributed by atoms with Crippen LogP contribution in [-0.4, -0.2) is 103 Å². The van der Waals surface area contributed by atoms with E-state index in [2.05, 4.69) is 15.5 Å². The molecule has 14 nitrogen and oxygen atoms in total. The molecule has 4 aromatic rings. The first-order chi connectivity index (χ1) is 25.8. The van der Waals surface area contributed by atoms with Crippen LogP contribution < -0.4 is 11.1 Å². The number of carboxylic acid groups (broad SMARTS) is 1. The van der Waals surface area contributed by atoms with Gasteiger partial charge >= 0.3 is 6.09 Å². The lowest BCUT2D eigenvalue weighted by molar-refractivity contribution is -0.138. The molecule has 0 saturated carbocycles. The van der Waals surface area contributed by atoms with Crippen LogP contribution in [0.2, 0.25) is 0 Å². The van der Waals surface area contributed by atoms with Crippen molar-refractivity contribution >= 4 is 24.4 Å². The van der Waals surface area contributed by atoms with E-state index in [1.807, 2.05) is 33.9 Å². The molecule has 0 unspecified atom stereocenters. The maximum absolute atomic E-state index is 14.1. The van der Waals surface area contributed by atoms with Crippen LogP contribution in [0.4, 0.5) is 13.6 Å². The molecule has 0 bridgehead atoms. The SMILES string of the molecule is CC(C)(C)OC(=O)N[C@@H](CC(=O)N1CC(n2cccn2)C1)Cc1ccccc1F.N[C@@H](CC(=O)N1CC(n2cccn2)C1)Cc1ccccc1F.O=CO. The summed E-state index contributed by atoms with van der Waals surface area (Å²) in [5.74, 6) is -0.704. The molecule has 2 aromatic carbocycles. The molecule has 2 saturated heterocycles. The van der Waals surface area contributed by atoms with Gasteiger partial charge < -0.3 is 30.7 Å². The lowest BCUT2D eigenvalue weighted by Crippen LogP contribution is -2.52. The van der Waals surface area contributed by atoms with Gasteiger partial charge in [-0.1, -0.05) is 36.4 Å². The van der Waals surface area contributed by atoms with Gasteiger partial charge in [-0.25, -0.2) is 13.6 Å². The number of carbonyl (C=O) groups is 4. The number of carbonyl (C=O) groups excluding carboxylic acids is 3. The molecule has 3 amide bonds. The second-order valence-corrected chi connectivity index (χ2v) is 14.1. The molecule has 54 heavy (non-hydrogen) atoms. The van der Waals surface area contributed by atoms with Crippen molar-refractivity contribution in [3.8, 4) is 0 Å². The van der Waals surface area contributed by atoms with E-state index in [9.17, 15) is 23.2 Å². The Hall–Kier alpha value is -5.64. The van der Waals surface area contributed by atoms with E-state index in [4.69, 9.17) is 20.4 Å². The third-order valence-corrected chi connectivity index (χ3v) is 8.67. The van der Waals surface area contributed by atoms with Gasteiger partial charge in [-0.05, 0) is 69.0 Å². The number of ether oxygens (including phenoxy) is 1. The first kappa shape index (κ1) is 41.1. The molecule has 4 heterocycles. The van der Waals surface area contributed by atoms with Crippen LogP contribution in [0.25, 0.3) is 0 Å². The lowest BCUT2D eigenvalue weighted by atomic mass is 10.0. The highest BCUT2D eigenvalue weighted by atomic mass is 19.1. The van der Waals surface area contributed by atoms with Crippen LogP contribution in [0.1, 0.15) is 56.8 Å². The summed E-state index contributed by atoms with van der Waals surface area (Å²) in [6.45, 7) is 7.50. The number of aromatic nitrogens is 4. The standard InChI is InChI=1S/C21H27FN4O3.C16H19FN4O.CH2O2/c1-21(2,3)29-20(28)24-16(11-15-7-4-5-8-18(15)22)12-19(27)25-13-17(14-25)26-10-6-9-23-26;17-15-5-2-1-4-12(15)8-13(18)9-16(22)20-10-14(11-20)21-7-3-6-19-21;2-1-3/h4-10,16-17H,11-14H2,1-3H3,(H,24,28);1-7,13-14H,8-11,18H2;1H,(H,2,3)/t16-;13-;/m11./s1. The van der Waals surface area contributed by atoms with E-state index in [0.29, 0.717) is 43.7 Å². The summed E-state index contributed by atoms with van der Waals surface area (Å²) in [6.07, 6.45) is 7.47. The molecule has 2 atom stereocenters. The number of nitrogens with one attached hydrogen (secondary N) is 1. The summed E-state index contributed by atoms with van der Waals surface area (Å²) >= 11 is 0. The number of rotatable bonds is 11. The Kier molecular flexibility index (Phi) is 14.8. The maximum atomic E-state index is 14.1. The van der Waals surface area contributed by atoms with Gasteiger partial charge in [-0.15, -0.1) is 0 Å². The average molecular weight is 751 g/mol. The number of amides is 3. The van der Waals surface area contributed by atoms with Crippen LogP contribution in [0.15, 0.2) is 85.5 Å². The molecule has 0 aliphatic carbocycles. The number of hydrogen-bond donors (Lipinski definition) is 3. The van der Waals surface area contributed by atoms with E-state index in [0.717, 1.165) is 0 Å². The van der Waals surface area contributed by atoms with E-state index >= 15 is 0 Å². The first-order valence-electron chi connectivity index (χ1n) is 17.6. The molecule has 4 N–H and O–H groups in total. The van der Waals surface area contributed by atoms with E-state index in [1.54, 1.807) is 79.4 Å². The molecule has 2 aliphatic heterocycles. The summed E-state index contributed by atoms with van der Waals surface area (Å²) in [6, 6.07) is 16.1. The number of benzene rings is 2. The van der Waals surface area contributed by atoms with Gasteiger partial charge in [0.1, 0.15) is 17.2 Å². The third-order valence-electron chi connectivity index (χ3n) is 8.67. The molecule has 6 rings (SSSR count). The van der Waals surface area contributed by atoms with Crippen molar-refractivity contribution < 1.29 is 37.8 Å². The quantitative estimate of drug-likeness (QED) is 0.191. The fourth-order valence-corrected chi connectivity index (χ4v) is 5.94. The van der Waals surface area contributed by atoms with E-state index in [-0.39, 0.29) is 67.3 Å². The number of hydrogen-bond acceptors (Lipinski definition) is 8. The highest BCUT2D eigenvalue weighted by molar-refractivity contribution is 5.79. The molecule has 2 fully saturated rings. The smallest absolute Gasteiger partial charge is 0.407 e. The predicted molar refractivity (Wildman–Crippen MR) is 195 cm³/mol. The van der Waals surface area contributed by atoms with Crippen molar-refractivity contribution in [3.63, 3.8) is 0 Å². The third kappa shape index (κ3) is 12.5. The van der Waals surface area contributed by atoms with Gasteiger partial charge in [-0.3, -0.25) is 23.7 Å². The van der Waals surface area contributed by atoms with Crippen LogP contribution >= 0.6 is 0 Å². The molecule has 2 aromatic heterocycles. The van der Waals surface area contributed by atoms with Crippen LogP contribution in [-0.2, 0) is 32.0 Å². The monoisotopic (exact) mass is 750 g/mol. The predicted octanol–water partition coefficient (Wildman–Crippen LogP) is 4.00. The van der Waals surface area contributed by atoms with Crippen molar-refractivity contribution in [2.75, 3.05) is 26.2 Å².